The molecule has 3 aromatic carbocycles. The third kappa shape index (κ3) is 5.59. The van der Waals surface area contributed by atoms with E-state index in [2.05, 4.69) is 16.7 Å². The van der Waals surface area contributed by atoms with Gasteiger partial charge in [-0.3, -0.25) is 4.79 Å². The maximum atomic E-state index is 13.1. The summed E-state index contributed by atoms with van der Waals surface area (Å²) in [5.41, 5.74) is 2.81. The van der Waals surface area contributed by atoms with Gasteiger partial charge >= 0.3 is 0 Å². The van der Waals surface area contributed by atoms with Crippen molar-refractivity contribution >= 4 is 11.6 Å². The number of carbonyl (C=O) groups is 1. The van der Waals surface area contributed by atoms with Crippen LogP contribution in [0.2, 0.25) is 0 Å². The summed E-state index contributed by atoms with van der Waals surface area (Å²) in [6, 6.07) is 24.8. The number of hydrogen-bond acceptors (Lipinski definition) is 3. The molecule has 0 radical (unpaired) electrons. The van der Waals surface area contributed by atoms with Crippen LogP contribution >= 0.6 is 0 Å². The number of nitrogens with one attached hydrogen (secondary N) is 1. The van der Waals surface area contributed by atoms with Crippen molar-refractivity contribution in [2.75, 3.05) is 26.1 Å². The molecule has 0 saturated carbocycles. The third-order valence-electron chi connectivity index (χ3n) is 4.79. The number of quaternary nitrogens is 1. The maximum Gasteiger partial charge on any atom is 0.287 e. The quantitative estimate of drug-likeness (QED) is 0.589. The molecule has 0 aromatic heterocycles. The average molecular weight is 391 g/mol. The van der Waals surface area contributed by atoms with Crippen LogP contribution in [-0.2, 0) is 11.2 Å². The van der Waals surface area contributed by atoms with Gasteiger partial charge in [0, 0.05) is 23.7 Å². The van der Waals surface area contributed by atoms with Gasteiger partial charge in [0.1, 0.15) is 11.5 Å². The van der Waals surface area contributed by atoms with Crippen molar-refractivity contribution in [1.82, 2.24) is 0 Å². The Bertz CT molecular complexity index is 928. The molecule has 0 aliphatic carbocycles. The van der Waals surface area contributed by atoms with Crippen LogP contribution in [0.4, 0.5) is 5.69 Å². The Morgan fingerprint density at radius 3 is 2.45 bits per heavy atom. The van der Waals surface area contributed by atoms with E-state index in [9.17, 15) is 4.79 Å². The van der Waals surface area contributed by atoms with Crippen LogP contribution in [0.25, 0.3) is 0 Å². The summed E-state index contributed by atoms with van der Waals surface area (Å²) in [4.78, 5) is 13.1. The maximum absolute atomic E-state index is 13.1. The number of ether oxygens (including phenoxy) is 2. The lowest BCUT2D eigenvalue weighted by molar-refractivity contribution is -0.682. The van der Waals surface area contributed by atoms with Gasteiger partial charge in [-0.2, -0.15) is 0 Å². The number of nitrogens with two attached hydrogens (primary N) is 1. The zero-order chi connectivity index (χ0) is 20.5. The molecule has 3 N–H and O–H groups in total. The Labute approximate surface area is 171 Å². The van der Waals surface area contributed by atoms with E-state index < -0.39 is 0 Å². The molecule has 5 heteroatoms. The number of hydrogen-bond donors (Lipinski definition) is 2. The molecule has 29 heavy (non-hydrogen) atoms. The van der Waals surface area contributed by atoms with Gasteiger partial charge in [0.2, 0.25) is 0 Å². The highest BCUT2D eigenvalue weighted by molar-refractivity contribution is 5.94. The first-order chi connectivity index (χ1) is 14.2. The Kier molecular flexibility index (Phi) is 7.25. The minimum Gasteiger partial charge on any atom is -0.497 e. The fourth-order valence-corrected chi connectivity index (χ4v) is 3.29. The van der Waals surface area contributed by atoms with Crippen molar-refractivity contribution in [3.63, 3.8) is 0 Å². The second-order valence-corrected chi connectivity index (χ2v) is 6.70. The average Bonchev–Trinajstić information content (AvgIpc) is 2.77. The lowest BCUT2D eigenvalue weighted by atomic mass is 10.0. The van der Waals surface area contributed by atoms with E-state index in [1.54, 1.807) is 14.2 Å². The standard InChI is InChI=1S/C24H26N2O3/c1-28-21-13-8-12-20(17-21)26-24(27)23(19-10-4-3-5-11-19)25-16-15-18-9-6-7-14-22(18)29-2/h3-14,17,23,25H,15-16H2,1-2H3,(H,26,27)/p+1/t23-/m1/s1. The molecule has 0 unspecified atom stereocenters. The Balaban J connectivity index is 1.71. The van der Waals surface area contributed by atoms with Crippen molar-refractivity contribution in [3.8, 4) is 11.5 Å². The number of rotatable bonds is 9. The van der Waals surface area contributed by atoms with Crippen LogP contribution in [0.1, 0.15) is 17.2 Å². The molecular formula is C24H27N2O3+. The molecule has 0 heterocycles. The van der Waals surface area contributed by atoms with Crippen LogP contribution in [0.15, 0.2) is 78.9 Å². The zero-order valence-electron chi connectivity index (χ0n) is 16.8. The molecule has 0 aliphatic heterocycles. The molecule has 1 atom stereocenters. The second kappa shape index (κ2) is 10.3. The first kappa shape index (κ1) is 20.4. The molecule has 0 spiro atoms. The van der Waals surface area contributed by atoms with E-state index in [0.717, 1.165) is 29.8 Å². The molecule has 5 nitrogen and oxygen atoms in total. The topological polar surface area (TPSA) is 64.2 Å². The van der Waals surface area contributed by atoms with E-state index in [4.69, 9.17) is 9.47 Å². The monoisotopic (exact) mass is 391 g/mol. The summed E-state index contributed by atoms with van der Waals surface area (Å²) < 4.78 is 10.7. The summed E-state index contributed by atoms with van der Waals surface area (Å²) in [5, 5.41) is 5.08. The normalized spacial score (nSPS) is 11.5. The minimum atomic E-state index is -0.350. The summed E-state index contributed by atoms with van der Waals surface area (Å²) in [6.45, 7) is 0.755. The smallest absolute Gasteiger partial charge is 0.287 e. The zero-order valence-corrected chi connectivity index (χ0v) is 16.8. The first-order valence-corrected chi connectivity index (χ1v) is 9.66. The van der Waals surface area contributed by atoms with Crippen molar-refractivity contribution in [2.45, 2.75) is 12.5 Å². The SMILES string of the molecule is COc1cccc(NC(=O)[C@H]([NH2+]CCc2ccccc2OC)c2ccccc2)c1. The highest BCUT2D eigenvalue weighted by Crippen LogP contribution is 2.19. The van der Waals surface area contributed by atoms with Crippen molar-refractivity contribution in [3.05, 3.63) is 90.0 Å². The van der Waals surface area contributed by atoms with Gasteiger partial charge in [0.15, 0.2) is 6.04 Å². The molecule has 0 saturated heterocycles. The fourth-order valence-electron chi connectivity index (χ4n) is 3.29. The number of carbonyl (C=O) groups excluding carboxylic acids is 1. The number of anilines is 1. The fraction of sp³-hybridized carbons (Fsp3) is 0.208. The van der Waals surface area contributed by atoms with Gasteiger partial charge < -0.3 is 20.1 Å². The van der Waals surface area contributed by atoms with Crippen molar-refractivity contribution in [1.29, 1.82) is 0 Å². The van der Waals surface area contributed by atoms with Crippen LogP contribution in [0, 0.1) is 0 Å². The molecule has 3 aromatic rings. The lowest BCUT2D eigenvalue weighted by Crippen LogP contribution is -2.87. The Morgan fingerprint density at radius 1 is 0.931 bits per heavy atom. The van der Waals surface area contributed by atoms with Crippen LogP contribution < -0.4 is 20.1 Å². The van der Waals surface area contributed by atoms with Crippen LogP contribution in [0.3, 0.4) is 0 Å². The second-order valence-electron chi connectivity index (χ2n) is 6.70. The third-order valence-corrected chi connectivity index (χ3v) is 4.79. The van der Waals surface area contributed by atoms with Crippen LogP contribution in [-0.4, -0.2) is 26.7 Å². The highest BCUT2D eigenvalue weighted by atomic mass is 16.5. The van der Waals surface area contributed by atoms with E-state index in [-0.39, 0.29) is 11.9 Å². The van der Waals surface area contributed by atoms with Gasteiger partial charge in [-0.1, -0.05) is 54.6 Å². The predicted molar refractivity (Wildman–Crippen MR) is 114 cm³/mol. The Hall–Kier alpha value is -3.31. The molecule has 1 amide bonds. The van der Waals surface area contributed by atoms with E-state index in [0.29, 0.717) is 11.4 Å². The molecule has 0 fully saturated rings. The number of amides is 1. The molecule has 0 bridgehead atoms. The van der Waals surface area contributed by atoms with Crippen molar-refractivity contribution < 1.29 is 19.6 Å². The van der Waals surface area contributed by atoms with Gasteiger partial charge in [0.25, 0.3) is 5.91 Å². The summed E-state index contributed by atoms with van der Waals surface area (Å²) >= 11 is 0. The summed E-state index contributed by atoms with van der Waals surface area (Å²) in [6.07, 6.45) is 0.805. The Morgan fingerprint density at radius 2 is 1.69 bits per heavy atom. The van der Waals surface area contributed by atoms with Gasteiger partial charge in [-0.25, -0.2) is 0 Å². The summed E-state index contributed by atoms with van der Waals surface area (Å²) in [5.74, 6) is 1.52. The van der Waals surface area contributed by atoms with Crippen LogP contribution in [0.5, 0.6) is 11.5 Å². The minimum absolute atomic E-state index is 0.0653. The molecule has 0 aliphatic rings. The van der Waals surface area contributed by atoms with E-state index in [1.165, 1.54) is 0 Å². The van der Waals surface area contributed by atoms with Gasteiger partial charge in [-0.05, 0) is 23.8 Å². The largest absolute Gasteiger partial charge is 0.497 e. The number of methoxy groups -OCH3 is 2. The first-order valence-electron chi connectivity index (χ1n) is 9.66. The highest BCUT2D eigenvalue weighted by Gasteiger charge is 2.24. The molecule has 150 valence electrons. The molecule has 3 rings (SSSR count). The van der Waals surface area contributed by atoms with Gasteiger partial charge in [0.05, 0.1) is 20.8 Å². The van der Waals surface area contributed by atoms with Gasteiger partial charge in [-0.15, -0.1) is 0 Å². The lowest BCUT2D eigenvalue weighted by Gasteiger charge is -2.17. The van der Waals surface area contributed by atoms with E-state index in [1.807, 2.05) is 72.8 Å². The van der Waals surface area contributed by atoms with Crippen molar-refractivity contribution in [2.24, 2.45) is 0 Å². The van der Waals surface area contributed by atoms with E-state index >= 15 is 0 Å². The summed E-state index contributed by atoms with van der Waals surface area (Å²) in [7, 11) is 3.29. The number of para-hydroxylation sites is 1. The molecular weight excluding hydrogens is 364 g/mol. The number of benzene rings is 3. The predicted octanol–water partition coefficient (Wildman–Crippen LogP) is 3.19.